The van der Waals surface area contributed by atoms with Crippen LogP contribution in [-0.2, 0) is 10.0 Å². The molecule has 0 amide bonds. The number of hydrogen-bond acceptors (Lipinski definition) is 5. The third-order valence-corrected chi connectivity index (χ3v) is 4.94. The Hall–Kier alpha value is -3.07. The SMILES string of the molecule is CCOc1ccc(-c2ccc(NS(=O)(=O)c3cc(F)ccc3F)cc2)nn1. The maximum Gasteiger partial charge on any atom is 0.264 e. The van der Waals surface area contributed by atoms with Crippen molar-refractivity contribution in [3.63, 3.8) is 0 Å². The van der Waals surface area contributed by atoms with E-state index >= 15 is 0 Å². The van der Waals surface area contributed by atoms with E-state index in [1.807, 2.05) is 6.92 Å². The van der Waals surface area contributed by atoms with Crippen LogP contribution in [0.1, 0.15) is 6.92 Å². The summed E-state index contributed by atoms with van der Waals surface area (Å²) in [6.45, 7) is 2.32. The molecule has 1 N–H and O–H groups in total. The Labute approximate surface area is 154 Å². The van der Waals surface area contributed by atoms with Gasteiger partial charge in [-0.1, -0.05) is 12.1 Å². The van der Waals surface area contributed by atoms with Crippen LogP contribution in [0, 0.1) is 11.6 Å². The molecule has 0 aliphatic carbocycles. The fraction of sp³-hybridized carbons (Fsp3) is 0.111. The predicted octanol–water partition coefficient (Wildman–Crippen LogP) is 3.62. The lowest BCUT2D eigenvalue weighted by Crippen LogP contribution is -2.14. The normalized spacial score (nSPS) is 11.2. The molecule has 2 aromatic carbocycles. The summed E-state index contributed by atoms with van der Waals surface area (Å²) >= 11 is 0. The van der Waals surface area contributed by atoms with Crippen molar-refractivity contribution in [2.45, 2.75) is 11.8 Å². The van der Waals surface area contributed by atoms with E-state index in [0.717, 1.165) is 12.1 Å². The number of ether oxygens (including phenoxy) is 1. The summed E-state index contributed by atoms with van der Waals surface area (Å²) in [4.78, 5) is -0.760. The first-order chi connectivity index (χ1) is 12.9. The van der Waals surface area contributed by atoms with Gasteiger partial charge in [-0.3, -0.25) is 4.72 Å². The standard InChI is InChI=1S/C18H15F2N3O3S/c1-2-26-18-10-9-16(21-22-18)12-3-6-14(7-4-12)23-27(24,25)17-11-13(19)5-8-15(17)20/h3-11,23H,2H2,1H3. The van der Waals surface area contributed by atoms with Crippen LogP contribution in [0.4, 0.5) is 14.5 Å². The Kier molecular flexibility index (Phi) is 5.31. The first kappa shape index (κ1) is 18.7. The van der Waals surface area contributed by atoms with Crippen molar-refractivity contribution < 1.29 is 21.9 Å². The van der Waals surface area contributed by atoms with E-state index in [4.69, 9.17) is 4.74 Å². The van der Waals surface area contributed by atoms with Crippen molar-refractivity contribution in [2.75, 3.05) is 11.3 Å². The Morgan fingerprint density at radius 3 is 2.37 bits per heavy atom. The zero-order valence-electron chi connectivity index (χ0n) is 14.2. The summed E-state index contributed by atoms with van der Waals surface area (Å²) in [5, 5.41) is 7.96. The first-order valence-corrected chi connectivity index (χ1v) is 9.42. The van der Waals surface area contributed by atoms with Gasteiger partial charge in [0.05, 0.1) is 12.3 Å². The van der Waals surface area contributed by atoms with Crippen molar-refractivity contribution in [3.05, 3.63) is 66.2 Å². The second-order valence-corrected chi connectivity index (χ2v) is 7.10. The summed E-state index contributed by atoms with van der Waals surface area (Å²) in [6, 6.07) is 11.9. The van der Waals surface area contributed by atoms with Crippen LogP contribution in [-0.4, -0.2) is 25.2 Å². The molecule has 140 valence electrons. The molecule has 0 unspecified atom stereocenters. The van der Waals surface area contributed by atoms with Crippen LogP contribution >= 0.6 is 0 Å². The van der Waals surface area contributed by atoms with E-state index in [9.17, 15) is 17.2 Å². The van der Waals surface area contributed by atoms with Crippen LogP contribution in [0.3, 0.4) is 0 Å². The summed E-state index contributed by atoms with van der Waals surface area (Å²) < 4.78 is 59.0. The number of nitrogens with one attached hydrogen (secondary N) is 1. The maximum absolute atomic E-state index is 13.7. The van der Waals surface area contributed by atoms with Crippen LogP contribution in [0.15, 0.2) is 59.5 Å². The highest BCUT2D eigenvalue weighted by molar-refractivity contribution is 7.92. The molecule has 0 spiro atoms. The molecule has 0 radical (unpaired) electrons. The molecule has 0 aliphatic rings. The van der Waals surface area contributed by atoms with Crippen LogP contribution in [0.2, 0.25) is 0 Å². The average Bonchev–Trinajstić information content (AvgIpc) is 2.65. The molecule has 0 fully saturated rings. The van der Waals surface area contributed by atoms with Crippen molar-refractivity contribution in [1.29, 1.82) is 0 Å². The van der Waals surface area contributed by atoms with Gasteiger partial charge in [-0.25, -0.2) is 17.2 Å². The minimum Gasteiger partial charge on any atom is -0.477 e. The molecule has 9 heteroatoms. The van der Waals surface area contributed by atoms with E-state index in [1.54, 1.807) is 24.3 Å². The van der Waals surface area contributed by atoms with Gasteiger partial charge >= 0.3 is 0 Å². The third-order valence-electron chi connectivity index (χ3n) is 3.55. The zero-order chi connectivity index (χ0) is 19.4. The molecule has 6 nitrogen and oxygen atoms in total. The van der Waals surface area contributed by atoms with Crippen molar-refractivity contribution >= 4 is 15.7 Å². The van der Waals surface area contributed by atoms with E-state index in [1.165, 1.54) is 12.1 Å². The van der Waals surface area contributed by atoms with Gasteiger partial charge in [0.25, 0.3) is 10.0 Å². The van der Waals surface area contributed by atoms with E-state index < -0.39 is 26.6 Å². The molecular formula is C18H15F2N3O3S. The smallest absolute Gasteiger partial charge is 0.264 e. The highest BCUT2D eigenvalue weighted by Gasteiger charge is 2.20. The molecule has 3 rings (SSSR count). The number of sulfonamides is 1. The highest BCUT2D eigenvalue weighted by Crippen LogP contribution is 2.23. The summed E-state index contributed by atoms with van der Waals surface area (Å²) in [6.07, 6.45) is 0. The van der Waals surface area contributed by atoms with Crippen LogP contribution < -0.4 is 9.46 Å². The number of rotatable bonds is 6. The first-order valence-electron chi connectivity index (χ1n) is 7.94. The summed E-state index contributed by atoms with van der Waals surface area (Å²) in [7, 11) is -4.27. The fourth-order valence-electron chi connectivity index (χ4n) is 2.30. The molecular weight excluding hydrogens is 376 g/mol. The van der Waals surface area contributed by atoms with Crippen molar-refractivity contribution in [3.8, 4) is 17.1 Å². The molecule has 27 heavy (non-hydrogen) atoms. The number of hydrogen-bond donors (Lipinski definition) is 1. The Bertz CT molecular complexity index is 1040. The summed E-state index contributed by atoms with van der Waals surface area (Å²) in [5.41, 5.74) is 1.47. The van der Waals surface area contributed by atoms with Gasteiger partial charge in [-0.2, -0.15) is 0 Å². The maximum atomic E-state index is 13.7. The van der Waals surface area contributed by atoms with Crippen molar-refractivity contribution in [1.82, 2.24) is 10.2 Å². The topological polar surface area (TPSA) is 81.2 Å². The molecule has 3 aromatic rings. The van der Waals surface area contributed by atoms with Gasteiger partial charge in [0.1, 0.15) is 16.5 Å². The monoisotopic (exact) mass is 391 g/mol. The zero-order valence-corrected chi connectivity index (χ0v) is 15.0. The summed E-state index contributed by atoms with van der Waals surface area (Å²) in [5.74, 6) is -1.48. The van der Waals surface area contributed by atoms with Gasteiger partial charge in [0.2, 0.25) is 5.88 Å². The minimum absolute atomic E-state index is 0.196. The molecule has 0 saturated carbocycles. The largest absolute Gasteiger partial charge is 0.477 e. The third kappa shape index (κ3) is 4.37. The Morgan fingerprint density at radius 2 is 1.74 bits per heavy atom. The lowest BCUT2D eigenvalue weighted by molar-refractivity contribution is 0.323. The van der Waals surface area contributed by atoms with Gasteiger partial charge < -0.3 is 4.74 Å². The fourth-order valence-corrected chi connectivity index (χ4v) is 3.45. The second-order valence-electron chi connectivity index (χ2n) is 5.45. The number of nitrogens with zero attached hydrogens (tertiary/aromatic N) is 2. The quantitative estimate of drug-likeness (QED) is 0.694. The van der Waals surface area contributed by atoms with Gasteiger partial charge in [-0.05, 0) is 43.3 Å². The number of aromatic nitrogens is 2. The number of benzene rings is 2. The second kappa shape index (κ2) is 7.67. The van der Waals surface area contributed by atoms with Gasteiger partial charge in [0, 0.05) is 17.3 Å². The molecule has 0 atom stereocenters. The lowest BCUT2D eigenvalue weighted by atomic mass is 10.1. The molecule has 1 aromatic heterocycles. The Balaban J connectivity index is 1.80. The molecule has 0 aliphatic heterocycles. The van der Waals surface area contributed by atoms with E-state index in [-0.39, 0.29) is 5.69 Å². The average molecular weight is 391 g/mol. The van der Waals surface area contributed by atoms with E-state index in [0.29, 0.717) is 29.8 Å². The van der Waals surface area contributed by atoms with E-state index in [2.05, 4.69) is 14.9 Å². The number of halogens is 2. The Morgan fingerprint density at radius 1 is 1.00 bits per heavy atom. The van der Waals surface area contributed by atoms with Crippen molar-refractivity contribution in [2.24, 2.45) is 0 Å². The predicted molar refractivity (Wildman–Crippen MR) is 95.8 cm³/mol. The molecule has 0 bridgehead atoms. The minimum atomic E-state index is -4.27. The molecule has 0 saturated heterocycles. The lowest BCUT2D eigenvalue weighted by Gasteiger charge is -2.10. The van der Waals surface area contributed by atoms with Crippen LogP contribution in [0.5, 0.6) is 5.88 Å². The molecule has 1 heterocycles. The van der Waals surface area contributed by atoms with Gasteiger partial charge in [-0.15, -0.1) is 10.2 Å². The van der Waals surface area contributed by atoms with Crippen LogP contribution in [0.25, 0.3) is 11.3 Å². The van der Waals surface area contributed by atoms with Gasteiger partial charge in [0.15, 0.2) is 0 Å². The highest BCUT2D eigenvalue weighted by atomic mass is 32.2. The number of anilines is 1.